The van der Waals surface area contributed by atoms with Crippen molar-refractivity contribution < 1.29 is 0 Å². The first-order valence-electron chi connectivity index (χ1n) is 9.19. The van der Waals surface area contributed by atoms with Crippen LogP contribution in [0.15, 0.2) is 54.6 Å². The highest BCUT2D eigenvalue weighted by Gasteiger charge is 2.04. The quantitative estimate of drug-likeness (QED) is 0.455. The maximum atomic E-state index is 5.62. The van der Waals surface area contributed by atoms with Crippen molar-refractivity contribution in [1.82, 2.24) is 0 Å². The van der Waals surface area contributed by atoms with Crippen molar-refractivity contribution in [3.63, 3.8) is 0 Å². The van der Waals surface area contributed by atoms with E-state index in [0.29, 0.717) is 6.54 Å². The molecule has 0 saturated heterocycles. The van der Waals surface area contributed by atoms with Crippen LogP contribution in [0.5, 0.6) is 0 Å². The van der Waals surface area contributed by atoms with Gasteiger partial charge in [-0.25, -0.2) is 0 Å². The van der Waals surface area contributed by atoms with Crippen LogP contribution in [0.2, 0.25) is 0 Å². The van der Waals surface area contributed by atoms with Gasteiger partial charge < -0.3 is 5.73 Å². The minimum absolute atomic E-state index is 0.585. The van der Waals surface area contributed by atoms with Crippen molar-refractivity contribution in [2.24, 2.45) is 5.73 Å². The Morgan fingerprint density at radius 2 is 1.67 bits per heavy atom. The molecule has 0 fully saturated rings. The molecule has 1 nitrogen and oxygen atoms in total. The molecule has 0 unspecified atom stereocenters. The predicted octanol–water partition coefficient (Wildman–Crippen LogP) is 5.84. The molecule has 0 aromatic heterocycles. The summed E-state index contributed by atoms with van der Waals surface area (Å²) < 4.78 is 0. The summed E-state index contributed by atoms with van der Waals surface area (Å²) in [6, 6.07) is 15.9. The van der Waals surface area contributed by atoms with E-state index in [4.69, 9.17) is 5.73 Å². The largest absolute Gasteiger partial charge is 0.327 e. The highest BCUT2D eigenvalue weighted by molar-refractivity contribution is 5.67. The molecule has 2 aromatic rings. The first-order valence-corrected chi connectivity index (χ1v) is 9.19. The average Bonchev–Trinajstić information content (AvgIpc) is 2.61. The lowest BCUT2D eigenvalue weighted by Crippen LogP contribution is -2.02. The Morgan fingerprint density at radius 1 is 0.958 bits per heavy atom. The van der Waals surface area contributed by atoms with Gasteiger partial charge in [-0.3, -0.25) is 0 Å². The molecule has 0 saturated carbocycles. The molecule has 128 valence electrons. The Bertz CT molecular complexity index is 652. The van der Waals surface area contributed by atoms with E-state index in [1.165, 1.54) is 53.5 Å². The molecule has 2 rings (SSSR count). The molecular weight excluding hydrogens is 290 g/mol. The first-order chi connectivity index (χ1) is 11.6. The third-order valence-corrected chi connectivity index (χ3v) is 4.68. The molecule has 0 aliphatic rings. The Kier molecular flexibility index (Phi) is 7.27. The molecule has 2 aromatic carbocycles. The van der Waals surface area contributed by atoms with Crippen LogP contribution in [0.25, 0.3) is 11.1 Å². The Hall–Kier alpha value is -1.86. The Labute approximate surface area is 147 Å². The van der Waals surface area contributed by atoms with E-state index in [1.807, 2.05) is 0 Å². The van der Waals surface area contributed by atoms with Crippen LogP contribution in [-0.4, -0.2) is 6.54 Å². The third-order valence-electron chi connectivity index (χ3n) is 4.68. The van der Waals surface area contributed by atoms with E-state index in [1.54, 1.807) is 0 Å². The molecule has 0 aliphatic carbocycles. The average molecular weight is 322 g/mol. The van der Waals surface area contributed by atoms with Gasteiger partial charge in [0.2, 0.25) is 0 Å². The number of nitrogens with two attached hydrogens (primary N) is 1. The lowest BCUT2D eigenvalue weighted by atomic mass is 9.95. The predicted molar refractivity (Wildman–Crippen MR) is 106 cm³/mol. The molecule has 0 bridgehead atoms. The topological polar surface area (TPSA) is 26.0 Å². The molecule has 0 amide bonds. The minimum atomic E-state index is 0.585. The standard InChI is InChI=1S/C23H31N/c1-4-5-6-7-20-10-13-22(14-11-20)23-15-12-21(16-19(23)3)9-8-18(2)17-24/h10-16H,2,4-9,17,24H2,1,3H3. The van der Waals surface area contributed by atoms with E-state index in [0.717, 1.165) is 18.4 Å². The normalized spacial score (nSPS) is 10.8. The van der Waals surface area contributed by atoms with Crippen LogP contribution in [0.1, 0.15) is 49.3 Å². The summed E-state index contributed by atoms with van der Waals surface area (Å²) in [5, 5.41) is 0. The number of rotatable bonds is 9. The zero-order chi connectivity index (χ0) is 17.4. The molecule has 2 N–H and O–H groups in total. The molecule has 24 heavy (non-hydrogen) atoms. The van der Waals surface area contributed by atoms with E-state index in [-0.39, 0.29) is 0 Å². The summed E-state index contributed by atoms with van der Waals surface area (Å²) in [4.78, 5) is 0. The van der Waals surface area contributed by atoms with Gasteiger partial charge in [0.15, 0.2) is 0 Å². The van der Waals surface area contributed by atoms with Gasteiger partial charge in [-0.15, -0.1) is 0 Å². The van der Waals surface area contributed by atoms with Crippen molar-refractivity contribution in [1.29, 1.82) is 0 Å². The van der Waals surface area contributed by atoms with Gasteiger partial charge in [0.05, 0.1) is 0 Å². The number of benzene rings is 2. The summed E-state index contributed by atoms with van der Waals surface area (Å²) in [6.45, 7) is 9.02. The van der Waals surface area contributed by atoms with Crippen molar-refractivity contribution in [3.8, 4) is 11.1 Å². The summed E-state index contributed by atoms with van der Waals surface area (Å²) >= 11 is 0. The van der Waals surface area contributed by atoms with Crippen LogP contribution < -0.4 is 5.73 Å². The second-order valence-corrected chi connectivity index (χ2v) is 6.76. The molecule has 0 spiro atoms. The molecule has 0 atom stereocenters. The summed E-state index contributed by atoms with van der Waals surface area (Å²) in [5.74, 6) is 0. The van der Waals surface area contributed by atoms with Crippen molar-refractivity contribution in [3.05, 3.63) is 71.3 Å². The number of aryl methyl sites for hydroxylation is 3. The van der Waals surface area contributed by atoms with Gasteiger partial charge in [-0.1, -0.05) is 74.4 Å². The summed E-state index contributed by atoms with van der Waals surface area (Å²) in [7, 11) is 0. The SMILES string of the molecule is C=C(CN)CCc1ccc(-c2ccc(CCCCC)cc2)c(C)c1. The Balaban J connectivity index is 2.04. The maximum Gasteiger partial charge on any atom is 0.0134 e. The highest BCUT2D eigenvalue weighted by Crippen LogP contribution is 2.25. The van der Waals surface area contributed by atoms with Crippen LogP contribution in [0.4, 0.5) is 0 Å². The van der Waals surface area contributed by atoms with Crippen LogP contribution in [0.3, 0.4) is 0 Å². The molecule has 0 radical (unpaired) electrons. The lowest BCUT2D eigenvalue weighted by Gasteiger charge is -2.10. The Morgan fingerprint density at radius 3 is 2.29 bits per heavy atom. The maximum absolute atomic E-state index is 5.62. The van der Waals surface area contributed by atoms with Gasteiger partial charge in [0.1, 0.15) is 0 Å². The van der Waals surface area contributed by atoms with Gasteiger partial charge in [0, 0.05) is 6.54 Å². The highest BCUT2D eigenvalue weighted by atomic mass is 14.5. The summed E-state index contributed by atoms with van der Waals surface area (Å²) in [5.41, 5.74) is 13.5. The van der Waals surface area contributed by atoms with Crippen molar-refractivity contribution in [2.45, 2.75) is 52.4 Å². The fourth-order valence-electron chi connectivity index (χ4n) is 3.06. The van der Waals surface area contributed by atoms with E-state index in [9.17, 15) is 0 Å². The number of unbranched alkanes of at least 4 members (excludes halogenated alkanes) is 2. The zero-order valence-electron chi connectivity index (χ0n) is 15.3. The molecule has 0 aliphatic heterocycles. The molecule has 0 heterocycles. The second-order valence-electron chi connectivity index (χ2n) is 6.76. The minimum Gasteiger partial charge on any atom is -0.327 e. The first kappa shape index (κ1) is 18.5. The fraction of sp³-hybridized carbons (Fsp3) is 0.391. The second kappa shape index (κ2) is 9.44. The molecular formula is C23H31N. The van der Waals surface area contributed by atoms with Crippen LogP contribution in [0, 0.1) is 6.92 Å². The molecule has 1 heteroatoms. The number of hydrogen-bond acceptors (Lipinski definition) is 1. The van der Waals surface area contributed by atoms with Gasteiger partial charge in [0.25, 0.3) is 0 Å². The van der Waals surface area contributed by atoms with Gasteiger partial charge in [-0.2, -0.15) is 0 Å². The monoisotopic (exact) mass is 321 g/mol. The smallest absolute Gasteiger partial charge is 0.0134 e. The van der Waals surface area contributed by atoms with E-state index < -0.39 is 0 Å². The van der Waals surface area contributed by atoms with E-state index in [2.05, 4.69) is 62.9 Å². The van der Waals surface area contributed by atoms with Crippen LogP contribution >= 0.6 is 0 Å². The van der Waals surface area contributed by atoms with Gasteiger partial charge in [-0.05, 0) is 60.4 Å². The third kappa shape index (κ3) is 5.35. The van der Waals surface area contributed by atoms with Crippen molar-refractivity contribution in [2.75, 3.05) is 6.54 Å². The fourth-order valence-corrected chi connectivity index (χ4v) is 3.06. The lowest BCUT2D eigenvalue weighted by molar-refractivity contribution is 0.717. The van der Waals surface area contributed by atoms with Crippen LogP contribution in [-0.2, 0) is 12.8 Å². The van der Waals surface area contributed by atoms with E-state index >= 15 is 0 Å². The van der Waals surface area contributed by atoms with Crippen molar-refractivity contribution >= 4 is 0 Å². The number of hydrogen-bond donors (Lipinski definition) is 1. The zero-order valence-corrected chi connectivity index (χ0v) is 15.3. The van der Waals surface area contributed by atoms with Gasteiger partial charge >= 0.3 is 0 Å². The summed E-state index contributed by atoms with van der Waals surface area (Å²) in [6.07, 6.45) is 7.07.